The second-order valence-electron chi connectivity index (χ2n) is 14.2. The van der Waals surface area contributed by atoms with Gasteiger partial charge in [0.15, 0.2) is 46.3 Å². The van der Waals surface area contributed by atoms with Crippen molar-refractivity contribution in [2.75, 3.05) is 19.8 Å². The van der Waals surface area contributed by atoms with Crippen molar-refractivity contribution >= 4 is 0 Å². The molecule has 0 aliphatic heterocycles. The van der Waals surface area contributed by atoms with Gasteiger partial charge in [-0.15, -0.1) is 11.8 Å². The molecule has 0 N–H and O–H groups in total. The molecule has 1 unspecified atom stereocenters. The topological polar surface area (TPSA) is 27.7 Å². The molecule has 0 fully saturated rings. The summed E-state index contributed by atoms with van der Waals surface area (Å²) in [4.78, 5) is 0. The first kappa shape index (κ1) is 47.1. The fraction of sp³-hybridized carbons (Fsp3) is 0.388. The summed E-state index contributed by atoms with van der Waals surface area (Å²) in [5.74, 6) is 5.72. The molecule has 0 aromatic heterocycles. The van der Waals surface area contributed by atoms with Gasteiger partial charge in [-0.05, 0) is 94.0 Å². The third-order valence-electron chi connectivity index (χ3n) is 9.59. The van der Waals surface area contributed by atoms with Crippen LogP contribution in [0.5, 0.6) is 17.2 Å². The molecular weight excluding hydrogens is 789 g/mol. The maximum atomic E-state index is 14.7. The molecule has 0 radical (unpaired) electrons. The molecule has 4 aromatic carbocycles. The van der Waals surface area contributed by atoms with Crippen LogP contribution >= 0.6 is 0 Å². The lowest BCUT2D eigenvalue weighted by molar-refractivity contribution is 0.283. The van der Waals surface area contributed by atoms with E-state index >= 15 is 0 Å². The molecule has 0 aliphatic rings. The zero-order valence-electron chi connectivity index (χ0n) is 34.1. The summed E-state index contributed by atoms with van der Waals surface area (Å²) in [6, 6.07) is 10.1. The van der Waals surface area contributed by atoms with Gasteiger partial charge in [-0.2, -0.15) is 13.2 Å². The van der Waals surface area contributed by atoms with Gasteiger partial charge in [0.2, 0.25) is 17.5 Å². The molecule has 11 heteroatoms. The molecule has 0 spiro atoms. The van der Waals surface area contributed by atoms with Crippen molar-refractivity contribution in [3.8, 4) is 52.8 Å². The first-order chi connectivity index (χ1) is 29.0. The number of unbranched alkanes of at least 4 members (excludes halogenated alkanes) is 7. The Morgan fingerprint density at radius 2 is 0.783 bits per heavy atom. The number of hydrogen-bond donors (Lipinski definition) is 0. The van der Waals surface area contributed by atoms with E-state index in [1.807, 2.05) is 6.92 Å². The lowest BCUT2D eigenvalue weighted by Crippen LogP contribution is -2.03. The molecule has 3 nitrogen and oxygen atoms in total. The molecule has 0 saturated carbocycles. The number of ether oxygens (including phenoxy) is 3. The number of benzene rings is 4. The molecule has 0 aliphatic carbocycles. The standard InChI is InChI=1S/C49H48F8O3/c1-4-6-30-58-39-27-24-37(44(52)47(39)55)22-23-38-26-29-41(49(57)46(38)54)60-32-14-10-8-12-17-34(15-5-2)16-11-7-9-13-31-59-40-28-25-36(45(53)48(40)56)21-20-35-19-18-33(3)42(50)43(35)51/h18-19,24-29,34H,4,6-14,16-17,30-32H2,1-3H3. The van der Waals surface area contributed by atoms with Crippen molar-refractivity contribution < 1.29 is 49.3 Å². The number of aryl methyl sites for hydroxylation is 1. The highest BCUT2D eigenvalue weighted by Crippen LogP contribution is 2.26. The van der Waals surface area contributed by atoms with Gasteiger partial charge in [0, 0.05) is 5.92 Å². The first-order valence-electron chi connectivity index (χ1n) is 20.2. The number of rotatable bonds is 20. The van der Waals surface area contributed by atoms with Crippen LogP contribution in [-0.2, 0) is 0 Å². The van der Waals surface area contributed by atoms with E-state index in [0.717, 1.165) is 57.8 Å². The fourth-order valence-electron chi connectivity index (χ4n) is 6.11. The third kappa shape index (κ3) is 13.7. The van der Waals surface area contributed by atoms with Crippen LogP contribution in [0.2, 0.25) is 0 Å². The zero-order chi connectivity index (χ0) is 43.4. The number of halogens is 8. The lowest BCUT2D eigenvalue weighted by Gasteiger charge is -2.12. The minimum absolute atomic E-state index is 0.110. The van der Waals surface area contributed by atoms with Crippen molar-refractivity contribution in [3.63, 3.8) is 0 Å². The first-order valence-corrected chi connectivity index (χ1v) is 20.2. The van der Waals surface area contributed by atoms with Crippen LogP contribution in [0, 0.1) is 94.9 Å². The highest BCUT2D eigenvalue weighted by molar-refractivity contribution is 5.49. The Kier molecular flexibility index (Phi) is 19.2. The van der Waals surface area contributed by atoms with Crippen LogP contribution in [-0.4, -0.2) is 19.8 Å². The Balaban J connectivity index is 1.10. The fourth-order valence-corrected chi connectivity index (χ4v) is 6.11. The molecule has 0 saturated heterocycles. The Labute approximate surface area is 347 Å². The maximum absolute atomic E-state index is 14.7. The molecule has 0 bridgehead atoms. The predicted octanol–water partition coefficient (Wildman–Crippen LogP) is 13.1. The highest BCUT2D eigenvalue weighted by atomic mass is 19.2. The van der Waals surface area contributed by atoms with Crippen molar-refractivity contribution in [2.45, 2.75) is 97.8 Å². The maximum Gasteiger partial charge on any atom is 0.201 e. The Morgan fingerprint density at radius 3 is 1.17 bits per heavy atom. The molecule has 4 rings (SSSR count). The third-order valence-corrected chi connectivity index (χ3v) is 9.59. The Morgan fingerprint density at radius 1 is 0.433 bits per heavy atom. The van der Waals surface area contributed by atoms with E-state index in [2.05, 4.69) is 35.5 Å². The normalized spacial score (nSPS) is 11.1. The smallest absolute Gasteiger partial charge is 0.201 e. The Bertz CT molecular complexity index is 2250. The molecular formula is C49H48F8O3. The van der Waals surface area contributed by atoms with E-state index in [4.69, 9.17) is 14.2 Å². The van der Waals surface area contributed by atoms with Gasteiger partial charge in [-0.3, -0.25) is 0 Å². The average molecular weight is 837 g/mol. The lowest BCUT2D eigenvalue weighted by atomic mass is 9.95. The van der Waals surface area contributed by atoms with Gasteiger partial charge in [-0.1, -0.05) is 81.6 Å². The number of hydrogen-bond acceptors (Lipinski definition) is 3. The van der Waals surface area contributed by atoms with E-state index in [-0.39, 0.29) is 70.8 Å². The largest absolute Gasteiger partial charge is 0.490 e. The molecule has 1 atom stereocenters. The van der Waals surface area contributed by atoms with E-state index in [0.29, 0.717) is 19.3 Å². The molecule has 318 valence electrons. The van der Waals surface area contributed by atoms with Crippen molar-refractivity contribution in [1.29, 1.82) is 0 Å². The summed E-state index contributed by atoms with van der Waals surface area (Å²) in [7, 11) is 0. The zero-order valence-corrected chi connectivity index (χ0v) is 34.1. The van der Waals surface area contributed by atoms with Crippen molar-refractivity contribution in [1.82, 2.24) is 0 Å². The average Bonchev–Trinajstić information content (AvgIpc) is 3.24. The summed E-state index contributed by atoms with van der Waals surface area (Å²) in [5, 5.41) is 0. The minimum Gasteiger partial charge on any atom is -0.490 e. The second-order valence-corrected chi connectivity index (χ2v) is 14.2. The van der Waals surface area contributed by atoms with Gasteiger partial charge >= 0.3 is 0 Å². The van der Waals surface area contributed by atoms with Crippen LogP contribution < -0.4 is 14.2 Å². The second kappa shape index (κ2) is 24.5. The van der Waals surface area contributed by atoms with Gasteiger partial charge in [0.25, 0.3) is 0 Å². The molecule has 4 aromatic rings. The van der Waals surface area contributed by atoms with Crippen LogP contribution in [0.3, 0.4) is 0 Å². The quantitative estimate of drug-likeness (QED) is 0.0504. The molecule has 0 amide bonds. The monoisotopic (exact) mass is 836 g/mol. The van der Waals surface area contributed by atoms with Crippen LogP contribution in [0.25, 0.3) is 0 Å². The minimum atomic E-state index is -1.24. The Hall–Kier alpha value is -5.60. The van der Waals surface area contributed by atoms with E-state index in [1.165, 1.54) is 55.5 Å². The highest BCUT2D eigenvalue weighted by Gasteiger charge is 2.17. The van der Waals surface area contributed by atoms with Crippen molar-refractivity contribution in [3.05, 3.63) is 123 Å². The SMILES string of the molecule is CC#CC(CCCCCCOc1ccc(C#Cc2ccc(C)c(F)c2F)c(F)c1F)CCCCCCOc1ccc(C#Cc2ccc(OCCCC)c(F)c2F)c(F)c1F. The van der Waals surface area contributed by atoms with Crippen LogP contribution in [0.15, 0.2) is 48.5 Å². The van der Waals surface area contributed by atoms with Gasteiger partial charge < -0.3 is 14.2 Å². The van der Waals surface area contributed by atoms with Crippen LogP contribution in [0.4, 0.5) is 35.1 Å². The summed E-state index contributed by atoms with van der Waals surface area (Å²) in [6.45, 7) is 5.76. The van der Waals surface area contributed by atoms with Crippen LogP contribution in [0.1, 0.15) is 119 Å². The summed E-state index contributed by atoms with van der Waals surface area (Å²) >= 11 is 0. The summed E-state index contributed by atoms with van der Waals surface area (Å²) < 4.78 is 132. The van der Waals surface area contributed by atoms with E-state index in [9.17, 15) is 35.1 Å². The van der Waals surface area contributed by atoms with E-state index < -0.39 is 46.5 Å². The summed E-state index contributed by atoms with van der Waals surface area (Å²) in [5.41, 5.74) is -1.08. The predicted molar refractivity (Wildman–Crippen MR) is 217 cm³/mol. The van der Waals surface area contributed by atoms with E-state index in [1.54, 1.807) is 6.92 Å². The van der Waals surface area contributed by atoms with Gasteiger partial charge in [0.05, 0.1) is 42.1 Å². The van der Waals surface area contributed by atoms with Gasteiger partial charge in [0.1, 0.15) is 0 Å². The molecule has 60 heavy (non-hydrogen) atoms. The van der Waals surface area contributed by atoms with Gasteiger partial charge in [-0.25, -0.2) is 22.0 Å². The van der Waals surface area contributed by atoms with Crippen molar-refractivity contribution in [2.24, 2.45) is 5.92 Å². The summed E-state index contributed by atoms with van der Waals surface area (Å²) in [6.07, 6.45) is 9.96. The molecule has 0 heterocycles.